The van der Waals surface area contributed by atoms with Gasteiger partial charge in [0.2, 0.25) is 0 Å². The Hall–Kier alpha value is -1.90. The minimum atomic E-state index is -0.154. The second-order valence-electron chi connectivity index (χ2n) is 5.51. The molecule has 0 aliphatic rings. The van der Waals surface area contributed by atoms with E-state index in [1.54, 1.807) is 0 Å². The number of nitrogen functional groups attached to an aromatic ring is 1. The van der Waals surface area contributed by atoms with Crippen molar-refractivity contribution in [1.29, 1.82) is 0 Å². The summed E-state index contributed by atoms with van der Waals surface area (Å²) in [4.78, 5) is 9.40. The van der Waals surface area contributed by atoms with Gasteiger partial charge in [-0.15, -0.1) is 0 Å². The lowest BCUT2D eigenvalue weighted by molar-refractivity contribution is 0.447. The first kappa shape index (κ1) is 15.5. The van der Waals surface area contributed by atoms with Crippen LogP contribution in [-0.2, 0) is 11.8 Å². The lowest BCUT2D eigenvalue weighted by Crippen LogP contribution is -2.29. The largest absolute Gasteiger partial charge is 0.384 e. The van der Waals surface area contributed by atoms with E-state index in [4.69, 9.17) is 10.7 Å². The Kier molecular flexibility index (Phi) is 4.94. The lowest BCUT2D eigenvalue weighted by atomic mass is 9.75. The summed E-state index contributed by atoms with van der Waals surface area (Å²) in [6.45, 7) is 6.55. The smallest absolute Gasteiger partial charge is 0.141 e. The van der Waals surface area contributed by atoms with Gasteiger partial charge in [0.1, 0.15) is 11.6 Å². The second kappa shape index (κ2) is 6.70. The first-order valence-electron chi connectivity index (χ1n) is 7.85. The second-order valence-corrected chi connectivity index (χ2v) is 5.51. The van der Waals surface area contributed by atoms with Crippen LogP contribution in [0.4, 0.5) is 5.82 Å². The highest BCUT2D eigenvalue weighted by Crippen LogP contribution is 2.37. The zero-order chi connectivity index (χ0) is 15.3. The SMILES string of the molecule is CCCc1cc(N)nc(C(CC)(CC)c2ccccc2)n1. The monoisotopic (exact) mass is 283 g/mol. The number of aromatic nitrogens is 2. The van der Waals surface area contributed by atoms with Crippen LogP contribution >= 0.6 is 0 Å². The summed E-state index contributed by atoms with van der Waals surface area (Å²) in [5, 5.41) is 0. The topological polar surface area (TPSA) is 51.8 Å². The van der Waals surface area contributed by atoms with Gasteiger partial charge in [-0.1, -0.05) is 57.5 Å². The average Bonchev–Trinajstić information content (AvgIpc) is 2.50. The van der Waals surface area contributed by atoms with Gasteiger partial charge >= 0.3 is 0 Å². The first-order valence-corrected chi connectivity index (χ1v) is 7.85. The Morgan fingerprint density at radius 1 is 1.00 bits per heavy atom. The molecular weight excluding hydrogens is 258 g/mol. The predicted molar refractivity (Wildman–Crippen MR) is 88.2 cm³/mol. The fourth-order valence-corrected chi connectivity index (χ4v) is 2.98. The van der Waals surface area contributed by atoms with Crippen molar-refractivity contribution in [1.82, 2.24) is 9.97 Å². The van der Waals surface area contributed by atoms with E-state index < -0.39 is 0 Å². The van der Waals surface area contributed by atoms with Crippen LogP contribution in [0.25, 0.3) is 0 Å². The molecule has 2 rings (SSSR count). The average molecular weight is 283 g/mol. The van der Waals surface area contributed by atoms with Gasteiger partial charge in [0.15, 0.2) is 0 Å². The van der Waals surface area contributed by atoms with Gasteiger partial charge < -0.3 is 5.73 Å². The van der Waals surface area contributed by atoms with Gasteiger partial charge in [-0.05, 0) is 24.8 Å². The van der Waals surface area contributed by atoms with Crippen molar-refractivity contribution < 1.29 is 0 Å². The van der Waals surface area contributed by atoms with E-state index in [9.17, 15) is 0 Å². The van der Waals surface area contributed by atoms with E-state index in [2.05, 4.69) is 50.0 Å². The van der Waals surface area contributed by atoms with Gasteiger partial charge in [-0.25, -0.2) is 9.97 Å². The maximum Gasteiger partial charge on any atom is 0.141 e. The highest BCUT2D eigenvalue weighted by molar-refractivity contribution is 5.37. The molecule has 0 spiro atoms. The molecule has 0 bridgehead atoms. The van der Waals surface area contributed by atoms with Gasteiger partial charge in [0, 0.05) is 11.8 Å². The number of benzene rings is 1. The van der Waals surface area contributed by atoms with Crippen molar-refractivity contribution in [2.24, 2.45) is 0 Å². The molecule has 1 aromatic heterocycles. The number of nitrogens with two attached hydrogens (primary N) is 1. The Morgan fingerprint density at radius 3 is 2.24 bits per heavy atom. The van der Waals surface area contributed by atoms with E-state index >= 15 is 0 Å². The number of rotatable bonds is 6. The molecule has 1 heterocycles. The van der Waals surface area contributed by atoms with Crippen LogP contribution in [0.5, 0.6) is 0 Å². The molecule has 0 atom stereocenters. The summed E-state index contributed by atoms with van der Waals surface area (Å²) in [7, 11) is 0. The maximum absolute atomic E-state index is 6.02. The molecule has 0 unspecified atom stereocenters. The van der Waals surface area contributed by atoms with Gasteiger partial charge in [0.05, 0.1) is 5.41 Å². The van der Waals surface area contributed by atoms with Crippen molar-refractivity contribution >= 4 is 5.82 Å². The van der Waals surface area contributed by atoms with Crippen molar-refractivity contribution in [3.63, 3.8) is 0 Å². The van der Waals surface area contributed by atoms with Crippen LogP contribution in [-0.4, -0.2) is 9.97 Å². The van der Waals surface area contributed by atoms with Crippen LogP contribution < -0.4 is 5.73 Å². The van der Waals surface area contributed by atoms with Gasteiger partial charge in [-0.3, -0.25) is 0 Å². The molecule has 0 radical (unpaired) electrons. The quantitative estimate of drug-likeness (QED) is 0.867. The molecular formula is C18H25N3. The number of aryl methyl sites for hydroxylation is 1. The van der Waals surface area contributed by atoms with E-state index in [0.717, 1.165) is 37.2 Å². The van der Waals surface area contributed by atoms with Gasteiger partial charge in [-0.2, -0.15) is 0 Å². The minimum absolute atomic E-state index is 0.154. The highest BCUT2D eigenvalue weighted by Gasteiger charge is 2.34. The van der Waals surface area contributed by atoms with Gasteiger partial charge in [0.25, 0.3) is 0 Å². The molecule has 0 amide bonds. The lowest BCUT2D eigenvalue weighted by Gasteiger charge is -2.31. The minimum Gasteiger partial charge on any atom is -0.384 e. The van der Waals surface area contributed by atoms with E-state index in [1.165, 1.54) is 5.56 Å². The molecule has 0 saturated heterocycles. The number of hydrogen-bond donors (Lipinski definition) is 1. The summed E-state index contributed by atoms with van der Waals surface area (Å²) < 4.78 is 0. The Labute approximate surface area is 127 Å². The Bertz CT molecular complexity index is 574. The van der Waals surface area contributed by atoms with Crippen molar-refractivity contribution in [3.05, 3.63) is 53.5 Å². The maximum atomic E-state index is 6.02. The first-order chi connectivity index (χ1) is 10.2. The van der Waals surface area contributed by atoms with Crippen LogP contribution in [0.1, 0.15) is 57.1 Å². The van der Waals surface area contributed by atoms with E-state index in [-0.39, 0.29) is 5.41 Å². The standard InChI is InChI=1S/C18H25N3/c1-4-10-15-13-16(19)21-17(20-15)18(5-2,6-3)14-11-8-7-9-12-14/h7-9,11-13H,4-6,10H2,1-3H3,(H2,19,20,21). The van der Waals surface area contributed by atoms with Crippen molar-refractivity contribution in [2.45, 2.75) is 51.9 Å². The van der Waals surface area contributed by atoms with Crippen LogP contribution in [0.15, 0.2) is 36.4 Å². The number of hydrogen-bond acceptors (Lipinski definition) is 3. The molecule has 0 saturated carbocycles. The fourth-order valence-electron chi connectivity index (χ4n) is 2.98. The van der Waals surface area contributed by atoms with E-state index in [0.29, 0.717) is 5.82 Å². The normalized spacial score (nSPS) is 11.6. The molecule has 0 aliphatic carbocycles. The van der Waals surface area contributed by atoms with Crippen LogP contribution in [0.3, 0.4) is 0 Å². The zero-order valence-corrected chi connectivity index (χ0v) is 13.3. The fraction of sp³-hybridized carbons (Fsp3) is 0.444. The third-order valence-electron chi connectivity index (χ3n) is 4.27. The molecule has 0 aliphatic heterocycles. The number of anilines is 1. The molecule has 0 fully saturated rings. The third kappa shape index (κ3) is 3.07. The Morgan fingerprint density at radius 2 is 1.67 bits per heavy atom. The molecule has 21 heavy (non-hydrogen) atoms. The number of nitrogens with zero attached hydrogens (tertiary/aromatic N) is 2. The summed E-state index contributed by atoms with van der Waals surface area (Å²) in [6.07, 6.45) is 3.93. The summed E-state index contributed by atoms with van der Waals surface area (Å²) in [6, 6.07) is 12.4. The Balaban J connectivity index is 2.57. The summed E-state index contributed by atoms with van der Waals surface area (Å²) in [5.41, 5.74) is 8.18. The molecule has 3 heteroatoms. The molecule has 2 aromatic rings. The summed E-state index contributed by atoms with van der Waals surface area (Å²) in [5.74, 6) is 1.44. The highest BCUT2D eigenvalue weighted by atomic mass is 15.0. The predicted octanol–water partition coefficient (Wildman–Crippen LogP) is 4.12. The van der Waals surface area contributed by atoms with Crippen LogP contribution in [0, 0.1) is 0 Å². The third-order valence-corrected chi connectivity index (χ3v) is 4.27. The van der Waals surface area contributed by atoms with Crippen molar-refractivity contribution in [2.75, 3.05) is 5.73 Å². The van der Waals surface area contributed by atoms with Crippen molar-refractivity contribution in [3.8, 4) is 0 Å². The molecule has 3 nitrogen and oxygen atoms in total. The van der Waals surface area contributed by atoms with Crippen LogP contribution in [0.2, 0.25) is 0 Å². The van der Waals surface area contributed by atoms with E-state index in [1.807, 2.05) is 12.1 Å². The molecule has 112 valence electrons. The summed E-state index contributed by atoms with van der Waals surface area (Å²) >= 11 is 0. The molecule has 1 aromatic carbocycles. The zero-order valence-electron chi connectivity index (χ0n) is 13.3. The molecule has 2 N–H and O–H groups in total.